The van der Waals surface area contributed by atoms with Crippen molar-refractivity contribution in [1.82, 2.24) is 5.32 Å². The summed E-state index contributed by atoms with van der Waals surface area (Å²) in [7, 11) is 1.92. The first-order valence-corrected chi connectivity index (χ1v) is 3.27. The van der Waals surface area contributed by atoms with Crippen molar-refractivity contribution in [3.63, 3.8) is 0 Å². The van der Waals surface area contributed by atoms with Crippen LogP contribution in [-0.2, 0) is 0 Å². The Balaban J connectivity index is 0. The Morgan fingerprint density at radius 1 is 1.50 bits per heavy atom. The van der Waals surface area contributed by atoms with Crippen LogP contribution < -0.4 is 5.32 Å². The molecule has 10 heavy (non-hydrogen) atoms. The summed E-state index contributed by atoms with van der Waals surface area (Å²) in [6, 6.07) is 0. The molecule has 0 rings (SSSR count). The average molecular weight is 139 g/mol. The SMILES string of the molecule is C=C.C=C/C(=C\C)CNC. The second kappa shape index (κ2) is 11.0. The lowest BCUT2D eigenvalue weighted by atomic mass is 10.2. The summed E-state index contributed by atoms with van der Waals surface area (Å²) >= 11 is 0. The molecule has 0 aromatic carbocycles. The summed E-state index contributed by atoms with van der Waals surface area (Å²) < 4.78 is 0. The first-order chi connectivity index (χ1) is 4.85. The van der Waals surface area contributed by atoms with Gasteiger partial charge in [-0.3, -0.25) is 0 Å². The zero-order valence-electron chi connectivity index (χ0n) is 6.98. The van der Waals surface area contributed by atoms with Crippen molar-refractivity contribution in [2.75, 3.05) is 13.6 Å². The van der Waals surface area contributed by atoms with E-state index in [-0.39, 0.29) is 0 Å². The molecule has 1 N–H and O–H groups in total. The number of hydrogen-bond donors (Lipinski definition) is 1. The second-order valence-corrected chi connectivity index (χ2v) is 1.60. The Morgan fingerprint density at radius 3 is 2.10 bits per heavy atom. The molecule has 0 unspecified atom stereocenters. The summed E-state index contributed by atoms with van der Waals surface area (Å²) in [4.78, 5) is 0. The summed E-state index contributed by atoms with van der Waals surface area (Å²) in [5.74, 6) is 0. The van der Waals surface area contributed by atoms with Crippen molar-refractivity contribution < 1.29 is 0 Å². The Kier molecular flexibility index (Phi) is 13.2. The Hall–Kier alpha value is -0.820. The van der Waals surface area contributed by atoms with Crippen molar-refractivity contribution in [3.8, 4) is 0 Å². The molecule has 0 bridgehead atoms. The van der Waals surface area contributed by atoms with E-state index in [0.29, 0.717) is 0 Å². The van der Waals surface area contributed by atoms with Crippen LogP contribution in [0.25, 0.3) is 0 Å². The van der Waals surface area contributed by atoms with Crippen LogP contribution in [0, 0.1) is 0 Å². The quantitative estimate of drug-likeness (QED) is 0.466. The Bertz CT molecular complexity index is 103. The number of nitrogens with one attached hydrogen (secondary N) is 1. The molecule has 0 aliphatic carbocycles. The van der Waals surface area contributed by atoms with E-state index in [4.69, 9.17) is 0 Å². The molecule has 0 heterocycles. The van der Waals surface area contributed by atoms with Gasteiger partial charge in [0.1, 0.15) is 0 Å². The smallest absolute Gasteiger partial charge is 0.0199 e. The van der Waals surface area contributed by atoms with Gasteiger partial charge < -0.3 is 5.32 Å². The number of likely N-dealkylation sites (N-methyl/N-ethyl adjacent to an activating group) is 1. The normalized spacial score (nSPS) is 9.60. The zero-order valence-corrected chi connectivity index (χ0v) is 6.98. The van der Waals surface area contributed by atoms with Crippen LogP contribution in [0.15, 0.2) is 37.5 Å². The van der Waals surface area contributed by atoms with Gasteiger partial charge in [-0.05, 0) is 19.5 Å². The van der Waals surface area contributed by atoms with E-state index in [2.05, 4.69) is 25.1 Å². The van der Waals surface area contributed by atoms with Crippen LogP contribution in [-0.4, -0.2) is 13.6 Å². The van der Waals surface area contributed by atoms with Gasteiger partial charge in [-0.15, -0.1) is 13.2 Å². The van der Waals surface area contributed by atoms with Crippen molar-refractivity contribution in [2.24, 2.45) is 0 Å². The van der Waals surface area contributed by atoms with Crippen LogP contribution in [0.2, 0.25) is 0 Å². The molecule has 0 amide bonds. The van der Waals surface area contributed by atoms with Crippen LogP contribution in [0.5, 0.6) is 0 Å². The highest BCUT2D eigenvalue weighted by Crippen LogP contribution is 1.89. The fourth-order valence-corrected chi connectivity index (χ4v) is 0.496. The lowest BCUT2D eigenvalue weighted by Gasteiger charge is -1.95. The molecule has 1 nitrogen and oxygen atoms in total. The maximum atomic E-state index is 3.64. The molecule has 58 valence electrons. The lowest BCUT2D eigenvalue weighted by molar-refractivity contribution is 0.894. The molecule has 0 atom stereocenters. The minimum atomic E-state index is 0.917. The molecule has 0 fully saturated rings. The van der Waals surface area contributed by atoms with Crippen LogP contribution in [0.1, 0.15) is 6.92 Å². The van der Waals surface area contributed by atoms with Crippen LogP contribution in [0.3, 0.4) is 0 Å². The third-order valence-electron chi connectivity index (χ3n) is 1.01. The Labute approximate surface area is 64.1 Å². The highest BCUT2D eigenvalue weighted by molar-refractivity contribution is 5.16. The van der Waals surface area contributed by atoms with Crippen LogP contribution in [0.4, 0.5) is 0 Å². The molecule has 0 spiro atoms. The third-order valence-corrected chi connectivity index (χ3v) is 1.01. The fourth-order valence-electron chi connectivity index (χ4n) is 0.496. The molecule has 0 aliphatic heterocycles. The van der Waals surface area contributed by atoms with Gasteiger partial charge in [-0.2, -0.15) is 0 Å². The minimum absolute atomic E-state index is 0.917. The molecular formula is C9H17N. The standard InChI is InChI=1S/C7H13N.C2H4/c1-4-7(5-2)6-8-3;1-2/h4-5,8H,1,6H2,2-3H3;1-2H2/b7-5+;. The van der Waals surface area contributed by atoms with Crippen molar-refractivity contribution in [3.05, 3.63) is 37.5 Å². The summed E-state index contributed by atoms with van der Waals surface area (Å²) in [5, 5.41) is 3.03. The van der Waals surface area contributed by atoms with E-state index in [1.165, 1.54) is 5.57 Å². The van der Waals surface area contributed by atoms with E-state index in [0.717, 1.165) is 6.54 Å². The molecule has 0 radical (unpaired) electrons. The van der Waals surface area contributed by atoms with E-state index in [1.807, 2.05) is 26.1 Å². The van der Waals surface area contributed by atoms with E-state index >= 15 is 0 Å². The maximum absolute atomic E-state index is 3.64. The van der Waals surface area contributed by atoms with E-state index < -0.39 is 0 Å². The second-order valence-electron chi connectivity index (χ2n) is 1.60. The minimum Gasteiger partial charge on any atom is -0.316 e. The zero-order chi connectivity index (χ0) is 8.41. The maximum Gasteiger partial charge on any atom is 0.0199 e. The molecule has 0 saturated heterocycles. The van der Waals surface area contributed by atoms with Gasteiger partial charge in [0, 0.05) is 6.54 Å². The Morgan fingerprint density at radius 2 is 2.00 bits per heavy atom. The van der Waals surface area contributed by atoms with Gasteiger partial charge in [-0.25, -0.2) is 0 Å². The molecule has 0 saturated carbocycles. The third kappa shape index (κ3) is 7.18. The molecule has 1 heteroatoms. The van der Waals surface area contributed by atoms with Crippen LogP contribution >= 0.6 is 0 Å². The van der Waals surface area contributed by atoms with Gasteiger partial charge in [0.15, 0.2) is 0 Å². The molecule has 0 aliphatic rings. The molecular weight excluding hydrogens is 122 g/mol. The van der Waals surface area contributed by atoms with Gasteiger partial charge >= 0.3 is 0 Å². The molecule has 0 aromatic heterocycles. The average Bonchev–Trinajstić information content (AvgIpc) is 2.04. The first-order valence-electron chi connectivity index (χ1n) is 3.27. The highest BCUT2D eigenvalue weighted by atomic mass is 14.8. The van der Waals surface area contributed by atoms with Gasteiger partial charge in [0.05, 0.1) is 0 Å². The monoisotopic (exact) mass is 139 g/mol. The summed E-state index contributed by atoms with van der Waals surface area (Å²) in [6.07, 6.45) is 3.90. The van der Waals surface area contributed by atoms with Crippen molar-refractivity contribution in [2.45, 2.75) is 6.92 Å². The van der Waals surface area contributed by atoms with Crippen molar-refractivity contribution in [1.29, 1.82) is 0 Å². The van der Waals surface area contributed by atoms with Gasteiger partial charge in [-0.1, -0.05) is 18.7 Å². The predicted octanol–water partition coefficient (Wildman–Crippen LogP) is 2.14. The predicted molar refractivity (Wildman–Crippen MR) is 49.1 cm³/mol. The van der Waals surface area contributed by atoms with Gasteiger partial charge in [0.2, 0.25) is 0 Å². The van der Waals surface area contributed by atoms with Gasteiger partial charge in [0.25, 0.3) is 0 Å². The topological polar surface area (TPSA) is 12.0 Å². The fraction of sp³-hybridized carbons (Fsp3) is 0.333. The lowest BCUT2D eigenvalue weighted by Crippen LogP contribution is -2.08. The number of allylic oxidation sites excluding steroid dienone is 1. The first kappa shape index (κ1) is 11.9. The van der Waals surface area contributed by atoms with E-state index in [1.54, 1.807) is 0 Å². The molecule has 0 aromatic rings. The number of hydrogen-bond acceptors (Lipinski definition) is 1. The van der Waals surface area contributed by atoms with Crippen molar-refractivity contribution >= 4 is 0 Å². The number of rotatable bonds is 3. The highest BCUT2D eigenvalue weighted by Gasteiger charge is 1.82. The summed E-state index contributed by atoms with van der Waals surface area (Å²) in [6.45, 7) is 12.6. The largest absolute Gasteiger partial charge is 0.316 e. The summed E-state index contributed by atoms with van der Waals surface area (Å²) in [5.41, 5.74) is 1.24. The van der Waals surface area contributed by atoms with E-state index in [9.17, 15) is 0 Å².